The van der Waals surface area contributed by atoms with Crippen molar-refractivity contribution in [1.82, 2.24) is 9.97 Å². The smallest absolute Gasteiger partial charge is 0.209 e. The van der Waals surface area contributed by atoms with E-state index in [1.807, 2.05) is 0 Å². The van der Waals surface area contributed by atoms with Crippen LogP contribution in [0.4, 0.5) is 0 Å². The lowest BCUT2D eigenvalue weighted by molar-refractivity contribution is 1.31. The predicted octanol–water partition coefficient (Wildman–Crippen LogP) is 3.34. The molecule has 112 valence electrons. The highest BCUT2D eigenvalue weighted by atomic mass is 14.8. The molecule has 0 saturated carbocycles. The van der Waals surface area contributed by atoms with Gasteiger partial charge >= 0.3 is 0 Å². The molecule has 0 bridgehead atoms. The Bertz CT molecular complexity index is 615. The van der Waals surface area contributed by atoms with Gasteiger partial charge in [0.05, 0.1) is 6.33 Å². The van der Waals surface area contributed by atoms with Crippen LogP contribution in [0.3, 0.4) is 0 Å². The number of H-pyrrole nitrogens is 1. The van der Waals surface area contributed by atoms with Crippen molar-refractivity contribution in [3.8, 4) is 0 Å². The van der Waals surface area contributed by atoms with E-state index in [-0.39, 0.29) is 0 Å². The zero-order valence-corrected chi connectivity index (χ0v) is 13.6. The van der Waals surface area contributed by atoms with Crippen molar-refractivity contribution >= 4 is 17.6 Å². The number of hydrogen-bond donors (Lipinski definition) is 1. The van der Waals surface area contributed by atoms with Crippen molar-refractivity contribution in [3.63, 3.8) is 0 Å². The zero-order valence-electron chi connectivity index (χ0n) is 13.6. The molecule has 0 saturated heterocycles. The largest absolute Gasteiger partial charge is 0.351 e. The molecule has 0 aliphatic carbocycles. The van der Waals surface area contributed by atoms with Gasteiger partial charge in [0.2, 0.25) is 6.71 Å². The third kappa shape index (κ3) is 4.11. The maximum atomic E-state index is 3.67. The maximum Gasteiger partial charge on any atom is 0.209 e. The summed E-state index contributed by atoms with van der Waals surface area (Å²) in [6.07, 6.45) is 6.23. The fourth-order valence-electron chi connectivity index (χ4n) is 2.78. The number of benzene rings is 2. The van der Waals surface area contributed by atoms with Gasteiger partial charge in [-0.2, -0.15) is 0 Å². The van der Waals surface area contributed by atoms with Gasteiger partial charge in [0.15, 0.2) is 0 Å². The van der Waals surface area contributed by atoms with Gasteiger partial charge in [-0.05, 0) is 13.8 Å². The molecule has 0 aliphatic heterocycles. The van der Waals surface area contributed by atoms with E-state index in [1.165, 1.54) is 22.1 Å². The summed E-state index contributed by atoms with van der Waals surface area (Å²) >= 11 is 0. The molecule has 0 radical (unpaired) electrons. The summed E-state index contributed by atoms with van der Waals surface area (Å²) in [6.45, 7) is 7.20. The predicted molar refractivity (Wildman–Crippen MR) is 96.4 cm³/mol. The standard InChI is InChI=1S/C16H19B.C3H4N2/c1-4-17(15-11-7-5-9-13(15)2)16-12-8-6-10-14(16)3;1-2-5-3-4-1/h5-12H,4H2,1-3H3;1-3H,(H,4,5). The first-order chi connectivity index (χ1) is 10.7. The molecular formula is C19H23BN2. The summed E-state index contributed by atoms with van der Waals surface area (Å²) in [7, 11) is 0. The van der Waals surface area contributed by atoms with Gasteiger partial charge in [-0.3, -0.25) is 0 Å². The van der Waals surface area contributed by atoms with Crippen molar-refractivity contribution in [3.05, 3.63) is 78.4 Å². The van der Waals surface area contributed by atoms with Crippen molar-refractivity contribution in [2.75, 3.05) is 0 Å². The minimum Gasteiger partial charge on any atom is -0.351 e. The van der Waals surface area contributed by atoms with Crippen LogP contribution in [0, 0.1) is 13.8 Å². The Kier molecular flexibility index (Phi) is 6.02. The van der Waals surface area contributed by atoms with E-state index in [2.05, 4.69) is 79.3 Å². The molecule has 0 spiro atoms. The van der Waals surface area contributed by atoms with Gasteiger partial charge < -0.3 is 4.98 Å². The number of nitrogens with one attached hydrogen (secondary N) is 1. The zero-order chi connectivity index (χ0) is 15.8. The molecular weight excluding hydrogens is 267 g/mol. The number of nitrogens with zero attached hydrogens (tertiary/aromatic N) is 1. The van der Waals surface area contributed by atoms with Gasteiger partial charge in [-0.1, -0.05) is 83.8 Å². The van der Waals surface area contributed by atoms with Gasteiger partial charge in [0.1, 0.15) is 0 Å². The van der Waals surface area contributed by atoms with Crippen LogP contribution < -0.4 is 10.9 Å². The number of rotatable bonds is 3. The summed E-state index contributed by atoms with van der Waals surface area (Å²) in [6, 6.07) is 17.4. The lowest BCUT2D eigenvalue weighted by Crippen LogP contribution is -2.43. The molecule has 1 aromatic heterocycles. The van der Waals surface area contributed by atoms with Gasteiger partial charge in [0, 0.05) is 12.4 Å². The lowest BCUT2D eigenvalue weighted by Gasteiger charge is -2.17. The Balaban J connectivity index is 0.000000299. The second-order valence-electron chi connectivity index (χ2n) is 5.43. The van der Waals surface area contributed by atoms with Crippen molar-refractivity contribution in [2.24, 2.45) is 0 Å². The highest BCUT2D eigenvalue weighted by Crippen LogP contribution is 2.04. The van der Waals surface area contributed by atoms with Gasteiger partial charge in [-0.15, -0.1) is 0 Å². The molecule has 3 heteroatoms. The van der Waals surface area contributed by atoms with Crippen LogP contribution in [0.5, 0.6) is 0 Å². The Morgan fingerprint density at radius 1 is 0.909 bits per heavy atom. The Morgan fingerprint density at radius 2 is 1.45 bits per heavy atom. The van der Waals surface area contributed by atoms with E-state index >= 15 is 0 Å². The van der Waals surface area contributed by atoms with Crippen LogP contribution in [-0.2, 0) is 0 Å². The van der Waals surface area contributed by atoms with Gasteiger partial charge in [0.25, 0.3) is 0 Å². The van der Waals surface area contributed by atoms with E-state index < -0.39 is 0 Å². The minimum atomic E-state index is 0.525. The molecule has 2 nitrogen and oxygen atoms in total. The van der Waals surface area contributed by atoms with Crippen LogP contribution in [0.1, 0.15) is 18.1 Å². The highest BCUT2D eigenvalue weighted by Gasteiger charge is 2.19. The van der Waals surface area contributed by atoms with Crippen LogP contribution in [-0.4, -0.2) is 16.7 Å². The lowest BCUT2D eigenvalue weighted by atomic mass is 9.37. The Morgan fingerprint density at radius 3 is 1.77 bits per heavy atom. The first-order valence-electron chi connectivity index (χ1n) is 7.77. The van der Waals surface area contributed by atoms with Crippen LogP contribution in [0.25, 0.3) is 0 Å². The van der Waals surface area contributed by atoms with Crippen LogP contribution in [0.15, 0.2) is 67.3 Å². The summed E-state index contributed by atoms with van der Waals surface area (Å²) < 4.78 is 0. The average molecular weight is 290 g/mol. The molecule has 1 N–H and O–H groups in total. The van der Waals surface area contributed by atoms with Crippen LogP contribution >= 0.6 is 0 Å². The SMILES string of the molecule is CCB(c1ccccc1C)c1ccccc1C.c1c[nH]cn1. The van der Waals surface area contributed by atoms with Crippen LogP contribution in [0.2, 0.25) is 6.32 Å². The maximum absolute atomic E-state index is 3.67. The van der Waals surface area contributed by atoms with Crippen molar-refractivity contribution in [1.29, 1.82) is 0 Å². The second kappa shape index (κ2) is 8.23. The first kappa shape index (κ1) is 16.1. The molecule has 0 amide bonds. The molecule has 2 aromatic carbocycles. The number of hydrogen-bond acceptors (Lipinski definition) is 1. The van der Waals surface area contributed by atoms with E-state index in [1.54, 1.807) is 18.7 Å². The summed E-state index contributed by atoms with van der Waals surface area (Å²) in [5.41, 5.74) is 5.71. The molecule has 0 unspecified atom stereocenters. The number of aryl methyl sites for hydroxylation is 2. The monoisotopic (exact) mass is 290 g/mol. The Hall–Kier alpha value is -2.29. The fourth-order valence-corrected chi connectivity index (χ4v) is 2.78. The van der Waals surface area contributed by atoms with E-state index in [4.69, 9.17) is 0 Å². The fraction of sp³-hybridized carbons (Fsp3) is 0.211. The first-order valence-corrected chi connectivity index (χ1v) is 7.77. The second-order valence-corrected chi connectivity index (χ2v) is 5.43. The summed E-state index contributed by atoms with van der Waals surface area (Å²) in [5.74, 6) is 0. The molecule has 0 aliphatic rings. The summed E-state index contributed by atoms with van der Waals surface area (Å²) in [4.78, 5) is 6.42. The number of imidazole rings is 1. The minimum absolute atomic E-state index is 0.525. The van der Waals surface area contributed by atoms with Crippen molar-refractivity contribution < 1.29 is 0 Å². The summed E-state index contributed by atoms with van der Waals surface area (Å²) in [5, 5.41) is 0. The molecule has 1 heterocycles. The highest BCUT2D eigenvalue weighted by molar-refractivity contribution is 6.85. The normalized spacial score (nSPS) is 9.77. The van der Waals surface area contributed by atoms with Crippen molar-refractivity contribution in [2.45, 2.75) is 27.1 Å². The Labute approximate surface area is 133 Å². The van der Waals surface area contributed by atoms with E-state index in [9.17, 15) is 0 Å². The molecule has 0 fully saturated rings. The quantitative estimate of drug-likeness (QED) is 0.736. The molecule has 3 rings (SSSR count). The third-order valence-electron chi connectivity index (χ3n) is 3.94. The molecule has 0 atom stereocenters. The van der Waals surface area contributed by atoms with E-state index in [0.717, 1.165) is 6.32 Å². The third-order valence-corrected chi connectivity index (χ3v) is 3.94. The molecule has 3 aromatic rings. The van der Waals surface area contributed by atoms with Gasteiger partial charge in [-0.25, -0.2) is 4.98 Å². The topological polar surface area (TPSA) is 28.7 Å². The van der Waals surface area contributed by atoms with E-state index in [0.29, 0.717) is 6.71 Å². The molecule has 22 heavy (non-hydrogen) atoms. The number of aromatic amines is 1. The average Bonchev–Trinajstić information content (AvgIpc) is 3.11. The number of aromatic nitrogens is 2.